The highest BCUT2D eigenvalue weighted by Gasteiger charge is 2.09. The molecule has 0 radical (unpaired) electrons. The molecule has 3 aromatic carbocycles. The molecule has 8 heteroatoms. The van der Waals surface area contributed by atoms with Gasteiger partial charge in [0, 0.05) is 34.3 Å². The van der Waals surface area contributed by atoms with Gasteiger partial charge in [0.1, 0.15) is 5.01 Å². The molecule has 1 amide bonds. The number of carbonyl (C=O) groups is 1. The number of amides is 1. The van der Waals surface area contributed by atoms with Gasteiger partial charge in [0.2, 0.25) is 10.0 Å². The van der Waals surface area contributed by atoms with Crippen LogP contribution in [0.4, 0.5) is 5.69 Å². The van der Waals surface area contributed by atoms with Crippen LogP contribution in [0.2, 0.25) is 0 Å². The van der Waals surface area contributed by atoms with Crippen molar-refractivity contribution in [3.05, 3.63) is 95.4 Å². The van der Waals surface area contributed by atoms with Gasteiger partial charge in [-0.15, -0.1) is 11.3 Å². The number of rotatable bonds is 7. The Morgan fingerprint density at radius 2 is 1.59 bits per heavy atom. The first-order valence-electron chi connectivity index (χ1n) is 9.84. The molecule has 0 atom stereocenters. The number of sulfonamides is 1. The van der Waals surface area contributed by atoms with Gasteiger partial charge in [0.05, 0.1) is 11.9 Å². The molecule has 1 aromatic heterocycles. The molecule has 0 aliphatic heterocycles. The molecule has 0 saturated carbocycles. The van der Waals surface area contributed by atoms with Crippen molar-refractivity contribution in [2.75, 3.05) is 11.0 Å². The molecule has 4 aromatic rings. The zero-order valence-electron chi connectivity index (χ0n) is 17.3. The van der Waals surface area contributed by atoms with Crippen LogP contribution in [0.15, 0.2) is 84.2 Å². The molecule has 162 valence electrons. The lowest BCUT2D eigenvalue weighted by Crippen LogP contribution is -2.22. The quantitative estimate of drug-likeness (QED) is 0.413. The van der Waals surface area contributed by atoms with Gasteiger partial charge in [-0.05, 0) is 29.8 Å². The second-order valence-corrected chi connectivity index (χ2v) is 9.84. The summed E-state index contributed by atoms with van der Waals surface area (Å²) in [5.41, 5.74) is 4.92. The van der Waals surface area contributed by atoms with Crippen LogP contribution in [0.5, 0.6) is 0 Å². The third kappa shape index (κ3) is 5.60. The molecule has 4 rings (SSSR count). The molecule has 0 aliphatic rings. The van der Waals surface area contributed by atoms with Gasteiger partial charge in [-0.3, -0.25) is 9.52 Å². The molecule has 6 nitrogen and oxygen atoms in total. The van der Waals surface area contributed by atoms with Crippen molar-refractivity contribution in [2.24, 2.45) is 0 Å². The first kappa shape index (κ1) is 21.7. The van der Waals surface area contributed by atoms with E-state index in [4.69, 9.17) is 4.98 Å². The lowest BCUT2D eigenvalue weighted by atomic mass is 10.1. The fourth-order valence-electron chi connectivity index (χ4n) is 3.10. The van der Waals surface area contributed by atoms with E-state index in [1.165, 1.54) is 0 Å². The minimum Gasteiger partial charge on any atom is -0.348 e. The first-order valence-corrected chi connectivity index (χ1v) is 12.6. The van der Waals surface area contributed by atoms with E-state index in [0.717, 1.165) is 33.6 Å². The van der Waals surface area contributed by atoms with Gasteiger partial charge in [-0.1, -0.05) is 54.6 Å². The summed E-state index contributed by atoms with van der Waals surface area (Å²) in [6.45, 7) is 0.385. The highest BCUT2D eigenvalue weighted by atomic mass is 32.2. The van der Waals surface area contributed by atoms with Crippen LogP contribution < -0.4 is 10.0 Å². The number of anilines is 1. The number of carbonyl (C=O) groups excluding carboxylic acids is 1. The number of nitrogens with zero attached hydrogens (tertiary/aromatic N) is 1. The molecule has 0 spiro atoms. The van der Waals surface area contributed by atoms with Crippen LogP contribution in [0.25, 0.3) is 21.8 Å². The summed E-state index contributed by atoms with van der Waals surface area (Å²) >= 11 is 1.60. The van der Waals surface area contributed by atoms with Crippen LogP contribution >= 0.6 is 11.3 Å². The van der Waals surface area contributed by atoms with Crippen molar-refractivity contribution < 1.29 is 13.2 Å². The molecule has 1 heterocycles. The van der Waals surface area contributed by atoms with Gasteiger partial charge in [-0.2, -0.15) is 0 Å². The molecule has 32 heavy (non-hydrogen) atoms. The average Bonchev–Trinajstić information content (AvgIpc) is 3.28. The number of aromatic nitrogens is 1. The second kappa shape index (κ2) is 9.33. The van der Waals surface area contributed by atoms with E-state index in [2.05, 4.69) is 15.4 Å². The monoisotopic (exact) mass is 463 g/mol. The van der Waals surface area contributed by atoms with Gasteiger partial charge in [0.15, 0.2) is 0 Å². The van der Waals surface area contributed by atoms with E-state index in [1.54, 1.807) is 35.6 Å². The zero-order valence-corrected chi connectivity index (χ0v) is 18.9. The summed E-state index contributed by atoms with van der Waals surface area (Å²) in [5.74, 6) is -0.229. The maximum atomic E-state index is 12.4. The summed E-state index contributed by atoms with van der Waals surface area (Å²) < 4.78 is 24.9. The largest absolute Gasteiger partial charge is 0.348 e. The van der Waals surface area contributed by atoms with Crippen molar-refractivity contribution in [3.8, 4) is 21.8 Å². The number of hydrogen-bond acceptors (Lipinski definition) is 5. The van der Waals surface area contributed by atoms with E-state index in [0.29, 0.717) is 17.8 Å². The predicted octanol–water partition coefficient (Wildman–Crippen LogP) is 4.78. The summed E-state index contributed by atoms with van der Waals surface area (Å²) in [5, 5.41) is 5.87. The molecule has 0 fully saturated rings. The Morgan fingerprint density at radius 3 is 2.25 bits per heavy atom. The van der Waals surface area contributed by atoms with E-state index in [1.807, 2.05) is 54.6 Å². The van der Waals surface area contributed by atoms with E-state index in [-0.39, 0.29) is 5.91 Å². The zero-order chi connectivity index (χ0) is 22.6. The Bertz CT molecular complexity index is 1320. The fourth-order valence-corrected chi connectivity index (χ4v) is 4.50. The smallest absolute Gasteiger partial charge is 0.251 e. The Kier molecular flexibility index (Phi) is 6.34. The Morgan fingerprint density at radius 1 is 0.906 bits per heavy atom. The van der Waals surface area contributed by atoms with Gasteiger partial charge in [0.25, 0.3) is 5.91 Å². The Hall–Kier alpha value is -3.49. The van der Waals surface area contributed by atoms with Gasteiger partial charge >= 0.3 is 0 Å². The number of thiazole rings is 1. The number of nitrogens with one attached hydrogen (secondary N) is 2. The van der Waals surface area contributed by atoms with Crippen LogP contribution in [0.3, 0.4) is 0 Å². The van der Waals surface area contributed by atoms with Crippen molar-refractivity contribution in [1.29, 1.82) is 0 Å². The van der Waals surface area contributed by atoms with Gasteiger partial charge < -0.3 is 5.32 Å². The summed E-state index contributed by atoms with van der Waals surface area (Å²) in [6.07, 6.45) is 1.08. The Labute approximate surface area is 191 Å². The van der Waals surface area contributed by atoms with Gasteiger partial charge in [-0.25, -0.2) is 13.4 Å². The van der Waals surface area contributed by atoms with Crippen LogP contribution in [0.1, 0.15) is 15.9 Å². The maximum Gasteiger partial charge on any atom is 0.251 e. The first-order chi connectivity index (χ1) is 15.4. The van der Waals surface area contributed by atoms with Crippen LogP contribution in [0, 0.1) is 0 Å². The van der Waals surface area contributed by atoms with Crippen LogP contribution in [-0.4, -0.2) is 25.6 Å². The Balaban J connectivity index is 1.36. The van der Waals surface area contributed by atoms with Crippen molar-refractivity contribution in [1.82, 2.24) is 10.3 Å². The summed E-state index contributed by atoms with van der Waals surface area (Å²) in [7, 11) is -3.35. The fraction of sp³-hybridized carbons (Fsp3) is 0.0833. The minimum absolute atomic E-state index is 0.229. The van der Waals surface area contributed by atoms with Crippen molar-refractivity contribution >= 4 is 33.0 Å². The summed E-state index contributed by atoms with van der Waals surface area (Å²) in [6, 6.07) is 24.3. The van der Waals surface area contributed by atoms with Crippen LogP contribution in [-0.2, 0) is 16.6 Å². The second-order valence-electron chi connectivity index (χ2n) is 7.24. The van der Waals surface area contributed by atoms with Crippen molar-refractivity contribution in [2.45, 2.75) is 6.54 Å². The lowest BCUT2D eigenvalue weighted by molar-refractivity contribution is 0.0951. The number of hydrogen-bond donors (Lipinski definition) is 2. The minimum atomic E-state index is -3.35. The third-order valence-corrected chi connectivity index (χ3v) is 6.18. The molecule has 0 saturated heterocycles. The van der Waals surface area contributed by atoms with E-state index in [9.17, 15) is 13.2 Å². The predicted molar refractivity (Wildman–Crippen MR) is 129 cm³/mol. The maximum absolute atomic E-state index is 12.4. The summed E-state index contributed by atoms with van der Waals surface area (Å²) in [4.78, 5) is 17.1. The molecular weight excluding hydrogens is 442 g/mol. The number of benzene rings is 3. The third-order valence-electron chi connectivity index (χ3n) is 4.68. The topological polar surface area (TPSA) is 88.2 Å². The standard InChI is InChI=1S/C24H21N3O3S2/c1-32(29,30)27-21-13-11-19(12-14-21)23(28)25-15-17-7-9-20(10-8-17)24-26-22(16-31-24)18-5-3-2-4-6-18/h2-14,16,27H,15H2,1H3,(H,25,28). The normalized spacial score (nSPS) is 11.2. The SMILES string of the molecule is CS(=O)(=O)Nc1ccc(C(=O)NCc2ccc(-c3nc(-c4ccccc4)cs3)cc2)cc1. The molecule has 2 N–H and O–H groups in total. The van der Waals surface area contributed by atoms with E-state index < -0.39 is 10.0 Å². The molecule has 0 bridgehead atoms. The van der Waals surface area contributed by atoms with Crippen molar-refractivity contribution in [3.63, 3.8) is 0 Å². The highest BCUT2D eigenvalue weighted by molar-refractivity contribution is 7.92. The molecular formula is C24H21N3O3S2. The van der Waals surface area contributed by atoms with E-state index >= 15 is 0 Å². The highest BCUT2D eigenvalue weighted by Crippen LogP contribution is 2.28. The molecule has 0 unspecified atom stereocenters. The lowest BCUT2D eigenvalue weighted by Gasteiger charge is -2.08. The molecule has 0 aliphatic carbocycles. The average molecular weight is 464 g/mol.